The van der Waals surface area contributed by atoms with Crippen LogP contribution in [-0.4, -0.2) is 42.1 Å². The number of halogens is 1. The van der Waals surface area contributed by atoms with Gasteiger partial charge in [-0.1, -0.05) is 6.07 Å². The molecule has 2 heterocycles. The molecule has 1 amide bonds. The van der Waals surface area contributed by atoms with Crippen LogP contribution in [0.1, 0.15) is 15.9 Å². The zero-order valence-electron chi connectivity index (χ0n) is 16.7. The van der Waals surface area contributed by atoms with Gasteiger partial charge >= 0.3 is 0 Å². The van der Waals surface area contributed by atoms with Crippen molar-refractivity contribution in [2.24, 2.45) is 0 Å². The molecule has 31 heavy (non-hydrogen) atoms. The van der Waals surface area contributed by atoms with Crippen molar-refractivity contribution in [2.75, 3.05) is 30.4 Å². The summed E-state index contributed by atoms with van der Waals surface area (Å²) in [6.45, 7) is 1.07. The average Bonchev–Trinajstić information content (AvgIpc) is 2.77. The van der Waals surface area contributed by atoms with Gasteiger partial charge in [-0.15, -0.1) is 0 Å². The van der Waals surface area contributed by atoms with Crippen molar-refractivity contribution in [2.45, 2.75) is 6.10 Å². The molecule has 0 radical (unpaired) electrons. The average molecular weight is 418 g/mol. The molecule has 3 aromatic rings. The molecule has 0 saturated carbocycles. The third-order valence-electron chi connectivity index (χ3n) is 4.76. The van der Waals surface area contributed by atoms with E-state index in [9.17, 15) is 14.4 Å². The number of benzene rings is 2. The van der Waals surface area contributed by atoms with Crippen LogP contribution in [0.2, 0.25) is 0 Å². The molecule has 1 fully saturated rings. The molecule has 1 aromatic heterocycles. The smallest absolute Gasteiger partial charge is 0.251 e. The summed E-state index contributed by atoms with van der Waals surface area (Å²) in [5.41, 5.74) is 1.51. The Morgan fingerprint density at radius 1 is 1.26 bits per heavy atom. The van der Waals surface area contributed by atoms with Gasteiger partial charge in [0.25, 0.3) is 5.91 Å². The van der Waals surface area contributed by atoms with E-state index in [0.717, 1.165) is 0 Å². The maximum absolute atomic E-state index is 13.0. The van der Waals surface area contributed by atoms with Crippen LogP contribution in [0, 0.1) is 17.1 Å². The number of hydrogen-bond donors (Lipinski definition) is 2. The fourth-order valence-corrected chi connectivity index (χ4v) is 3.16. The summed E-state index contributed by atoms with van der Waals surface area (Å²) in [5.74, 6) is 0.890. The summed E-state index contributed by atoms with van der Waals surface area (Å²) in [6.07, 6.45) is 1.37. The second kappa shape index (κ2) is 8.67. The van der Waals surface area contributed by atoms with Crippen LogP contribution in [-0.2, 0) is 0 Å². The number of amides is 1. The highest BCUT2D eigenvalue weighted by molar-refractivity contribution is 5.95. The predicted molar refractivity (Wildman–Crippen MR) is 113 cm³/mol. The van der Waals surface area contributed by atoms with Crippen LogP contribution >= 0.6 is 0 Å². The molecule has 0 bridgehead atoms. The number of nitrogens with one attached hydrogen (secondary N) is 2. The number of nitrogens with zero attached hydrogens (tertiary/aromatic N) is 4. The lowest BCUT2D eigenvalue weighted by Crippen LogP contribution is -2.54. The standard InChI is InChI=1S/C22H19FN6O2/c1-25-21(30)14-3-2-4-17(9-14)27-22-26-11-15(10-24)20(28-22)29-12-19(13-29)31-18-7-5-16(23)6-8-18/h2-9,11,19H,12-13H2,1H3,(H,25,30)(H,26,27,28). The molecule has 8 nitrogen and oxygen atoms in total. The summed E-state index contributed by atoms with van der Waals surface area (Å²) in [6, 6.07) is 14.9. The number of aromatic nitrogens is 2. The molecular formula is C22H19FN6O2. The highest BCUT2D eigenvalue weighted by Gasteiger charge is 2.31. The largest absolute Gasteiger partial charge is 0.487 e. The van der Waals surface area contributed by atoms with E-state index in [1.165, 1.54) is 18.3 Å². The second-order valence-corrected chi connectivity index (χ2v) is 6.93. The summed E-state index contributed by atoms with van der Waals surface area (Å²) in [5, 5.41) is 15.1. The minimum atomic E-state index is -0.317. The van der Waals surface area contributed by atoms with E-state index in [-0.39, 0.29) is 17.8 Å². The van der Waals surface area contributed by atoms with Gasteiger partial charge in [0.15, 0.2) is 5.82 Å². The van der Waals surface area contributed by atoms with Crippen molar-refractivity contribution < 1.29 is 13.9 Å². The minimum Gasteiger partial charge on any atom is -0.487 e. The number of nitriles is 1. The third-order valence-corrected chi connectivity index (χ3v) is 4.76. The van der Waals surface area contributed by atoms with Gasteiger partial charge < -0.3 is 20.3 Å². The number of carbonyl (C=O) groups excluding carboxylic acids is 1. The molecule has 0 atom stereocenters. The maximum atomic E-state index is 13.0. The number of rotatable bonds is 6. The molecule has 1 saturated heterocycles. The van der Waals surface area contributed by atoms with E-state index in [2.05, 4.69) is 26.7 Å². The first-order valence-corrected chi connectivity index (χ1v) is 9.59. The SMILES string of the molecule is CNC(=O)c1cccc(Nc2ncc(C#N)c(N3CC(Oc4ccc(F)cc4)C3)n2)c1. The summed E-state index contributed by atoms with van der Waals surface area (Å²) >= 11 is 0. The normalized spacial score (nSPS) is 13.1. The quantitative estimate of drug-likeness (QED) is 0.634. The summed E-state index contributed by atoms with van der Waals surface area (Å²) in [7, 11) is 1.57. The zero-order chi connectivity index (χ0) is 21.8. The molecule has 4 rings (SSSR count). The Hall–Kier alpha value is -4.19. The Kier molecular flexibility index (Phi) is 5.62. The number of ether oxygens (including phenoxy) is 1. The van der Waals surface area contributed by atoms with Crippen molar-refractivity contribution >= 4 is 23.4 Å². The topological polar surface area (TPSA) is 103 Å². The van der Waals surface area contributed by atoms with E-state index in [4.69, 9.17) is 4.74 Å². The Bertz CT molecular complexity index is 1140. The van der Waals surface area contributed by atoms with Crippen molar-refractivity contribution in [3.63, 3.8) is 0 Å². The van der Waals surface area contributed by atoms with Gasteiger partial charge in [0.1, 0.15) is 29.3 Å². The van der Waals surface area contributed by atoms with E-state index >= 15 is 0 Å². The van der Waals surface area contributed by atoms with Crippen molar-refractivity contribution in [3.8, 4) is 11.8 Å². The molecule has 0 spiro atoms. The second-order valence-electron chi connectivity index (χ2n) is 6.93. The van der Waals surface area contributed by atoms with Crippen LogP contribution in [0.15, 0.2) is 54.7 Å². The number of carbonyl (C=O) groups is 1. The van der Waals surface area contributed by atoms with Crippen molar-refractivity contribution in [1.29, 1.82) is 5.26 Å². The van der Waals surface area contributed by atoms with Gasteiger partial charge in [-0.2, -0.15) is 10.2 Å². The number of hydrogen-bond acceptors (Lipinski definition) is 7. The van der Waals surface area contributed by atoms with E-state index in [1.807, 2.05) is 4.90 Å². The first-order valence-electron chi connectivity index (χ1n) is 9.59. The van der Waals surface area contributed by atoms with Crippen LogP contribution in [0.4, 0.5) is 21.8 Å². The van der Waals surface area contributed by atoms with Crippen molar-refractivity contribution in [3.05, 3.63) is 71.7 Å². The molecule has 156 valence electrons. The Balaban J connectivity index is 1.46. The van der Waals surface area contributed by atoms with Gasteiger partial charge in [0, 0.05) is 18.3 Å². The van der Waals surface area contributed by atoms with E-state index < -0.39 is 0 Å². The first-order chi connectivity index (χ1) is 15.1. The molecule has 0 aliphatic carbocycles. The molecular weight excluding hydrogens is 399 g/mol. The van der Waals surface area contributed by atoms with Crippen LogP contribution < -0.4 is 20.3 Å². The summed E-state index contributed by atoms with van der Waals surface area (Å²) < 4.78 is 18.8. The van der Waals surface area contributed by atoms with E-state index in [0.29, 0.717) is 47.4 Å². The molecule has 2 aromatic carbocycles. The highest BCUT2D eigenvalue weighted by atomic mass is 19.1. The number of anilines is 3. The lowest BCUT2D eigenvalue weighted by atomic mass is 10.1. The fourth-order valence-electron chi connectivity index (χ4n) is 3.16. The van der Waals surface area contributed by atoms with Gasteiger partial charge in [-0.3, -0.25) is 4.79 Å². The lowest BCUT2D eigenvalue weighted by molar-refractivity contribution is 0.0963. The molecule has 2 N–H and O–H groups in total. The zero-order valence-corrected chi connectivity index (χ0v) is 16.7. The first kappa shape index (κ1) is 20.1. The monoisotopic (exact) mass is 418 g/mol. The van der Waals surface area contributed by atoms with Crippen LogP contribution in [0.25, 0.3) is 0 Å². The Morgan fingerprint density at radius 2 is 2.03 bits per heavy atom. The predicted octanol–water partition coefficient (Wildman–Crippen LogP) is 2.86. The Labute approximate surface area is 178 Å². The van der Waals surface area contributed by atoms with Gasteiger partial charge in [0.05, 0.1) is 19.3 Å². The Morgan fingerprint density at radius 3 is 2.74 bits per heavy atom. The summed E-state index contributed by atoms with van der Waals surface area (Å²) in [4.78, 5) is 22.4. The minimum absolute atomic E-state index is 0.0902. The molecule has 9 heteroatoms. The molecule has 0 unspecified atom stereocenters. The van der Waals surface area contributed by atoms with Gasteiger partial charge in [-0.25, -0.2) is 9.37 Å². The lowest BCUT2D eigenvalue weighted by Gasteiger charge is -2.40. The van der Waals surface area contributed by atoms with Gasteiger partial charge in [0.2, 0.25) is 5.95 Å². The van der Waals surface area contributed by atoms with Crippen molar-refractivity contribution in [1.82, 2.24) is 15.3 Å². The third kappa shape index (κ3) is 4.53. The van der Waals surface area contributed by atoms with Crippen LogP contribution in [0.5, 0.6) is 5.75 Å². The molecule has 1 aliphatic heterocycles. The highest BCUT2D eigenvalue weighted by Crippen LogP contribution is 2.27. The van der Waals surface area contributed by atoms with E-state index in [1.54, 1.807) is 43.4 Å². The van der Waals surface area contributed by atoms with Crippen LogP contribution in [0.3, 0.4) is 0 Å². The molecule has 1 aliphatic rings. The maximum Gasteiger partial charge on any atom is 0.251 e. The van der Waals surface area contributed by atoms with Gasteiger partial charge in [-0.05, 0) is 42.5 Å². The fraction of sp³-hybridized carbons (Fsp3) is 0.182.